The summed E-state index contributed by atoms with van der Waals surface area (Å²) in [6.07, 6.45) is 1.21. The van der Waals surface area contributed by atoms with E-state index in [1.54, 1.807) is 16.8 Å². The lowest BCUT2D eigenvalue weighted by atomic mass is 10.1. The van der Waals surface area contributed by atoms with E-state index in [1.807, 2.05) is 56.4 Å². The summed E-state index contributed by atoms with van der Waals surface area (Å²) in [5.41, 5.74) is 3.97. The molecule has 0 unspecified atom stereocenters. The number of aryl methyl sites for hydroxylation is 2. The second-order valence-electron chi connectivity index (χ2n) is 7.74. The molecule has 3 heterocycles. The van der Waals surface area contributed by atoms with Crippen LogP contribution in [0.25, 0.3) is 23.0 Å². The van der Waals surface area contributed by atoms with Crippen LogP contribution in [0.4, 0.5) is 0 Å². The van der Waals surface area contributed by atoms with Gasteiger partial charge < -0.3 is 4.52 Å². The number of hydrogen-bond acceptors (Lipinski definition) is 6. The van der Waals surface area contributed by atoms with Gasteiger partial charge in [-0.2, -0.15) is 14.4 Å². The van der Waals surface area contributed by atoms with E-state index in [0.717, 1.165) is 22.4 Å². The van der Waals surface area contributed by atoms with Crippen molar-refractivity contribution in [1.82, 2.24) is 24.2 Å². The first-order valence-electron chi connectivity index (χ1n) is 10.5. The van der Waals surface area contributed by atoms with E-state index in [0.29, 0.717) is 35.8 Å². The average molecular weight is 450 g/mol. The molecule has 0 atom stereocenters. The van der Waals surface area contributed by atoms with Crippen molar-refractivity contribution < 1.29 is 12.9 Å². The number of aromatic nitrogens is 4. The third kappa shape index (κ3) is 3.43. The molecule has 0 saturated carbocycles. The lowest BCUT2D eigenvalue weighted by Gasteiger charge is -2.27. The highest BCUT2D eigenvalue weighted by atomic mass is 32.2. The van der Waals surface area contributed by atoms with Crippen molar-refractivity contribution in [2.75, 3.05) is 6.54 Å². The third-order valence-electron chi connectivity index (χ3n) is 5.84. The molecule has 164 valence electrons. The molecule has 0 radical (unpaired) electrons. The van der Waals surface area contributed by atoms with E-state index < -0.39 is 10.0 Å². The maximum atomic E-state index is 13.5. The van der Waals surface area contributed by atoms with Crippen LogP contribution < -0.4 is 0 Å². The van der Waals surface area contributed by atoms with Crippen LogP contribution in [0.5, 0.6) is 0 Å². The lowest BCUT2D eigenvalue weighted by Crippen LogP contribution is -2.36. The van der Waals surface area contributed by atoms with Crippen LogP contribution in [-0.4, -0.2) is 39.2 Å². The highest BCUT2D eigenvalue weighted by molar-refractivity contribution is 7.89. The van der Waals surface area contributed by atoms with Gasteiger partial charge in [-0.15, -0.1) is 0 Å². The fourth-order valence-corrected chi connectivity index (χ4v) is 5.86. The Hall–Kier alpha value is -3.30. The molecule has 0 saturated heterocycles. The molecule has 0 spiro atoms. The van der Waals surface area contributed by atoms with E-state index >= 15 is 0 Å². The van der Waals surface area contributed by atoms with E-state index in [9.17, 15) is 8.42 Å². The van der Waals surface area contributed by atoms with Gasteiger partial charge >= 0.3 is 0 Å². The van der Waals surface area contributed by atoms with Crippen molar-refractivity contribution in [3.63, 3.8) is 0 Å². The Bertz CT molecular complexity index is 1380. The van der Waals surface area contributed by atoms with Gasteiger partial charge in [0, 0.05) is 43.4 Å². The van der Waals surface area contributed by atoms with Gasteiger partial charge in [-0.05, 0) is 18.1 Å². The summed E-state index contributed by atoms with van der Waals surface area (Å²) in [5, 5.41) is 8.68. The average Bonchev–Trinajstić information content (AvgIpc) is 3.44. The third-order valence-corrected chi connectivity index (χ3v) is 7.78. The Morgan fingerprint density at radius 2 is 1.81 bits per heavy atom. The number of hydrogen-bond donors (Lipinski definition) is 0. The molecule has 0 aliphatic carbocycles. The molecular weight excluding hydrogens is 426 g/mol. The zero-order valence-electron chi connectivity index (χ0n) is 17.9. The van der Waals surface area contributed by atoms with Crippen LogP contribution in [0.3, 0.4) is 0 Å². The first-order valence-corrected chi connectivity index (χ1v) is 12.0. The molecule has 0 bridgehead atoms. The fraction of sp³-hybridized carbons (Fsp3) is 0.261. The summed E-state index contributed by atoms with van der Waals surface area (Å²) in [6.45, 7) is 2.56. The Morgan fingerprint density at radius 3 is 2.59 bits per heavy atom. The lowest BCUT2D eigenvalue weighted by molar-refractivity contribution is 0.384. The Balaban J connectivity index is 1.51. The largest absolute Gasteiger partial charge is 0.332 e. The standard InChI is InChI=1S/C23H23N5O3S/c1-3-16-9-7-8-12-20(16)32(29,30)28-14-13-19-18(15-28)21(25-27(19)2)23-24-22(26-31-23)17-10-5-4-6-11-17/h4-12H,3,13-15H2,1-2H3. The normalized spacial score (nSPS) is 14.4. The van der Waals surface area contributed by atoms with Gasteiger partial charge in [0.05, 0.1) is 4.90 Å². The van der Waals surface area contributed by atoms with Crippen LogP contribution in [0.1, 0.15) is 23.7 Å². The minimum Gasteiger partial charge on any atom is -0.332 e. The van der Waals surface area contributed by atoms with Crippen molar-refractivity contribution >= 4 is 10.0 Å². The summed E-state index contributed by atoms with van der Waals surface area (Å²) in [6, 6.07) is 16.7. The summed E-state index contributed by atoms with van der Waals surface area (Å²) >= 11 is 0. The number of rotatable bonds is 5. The van der Waals surface area contributed by atoms with Gasteiger partial charge in [0.1, 0.15) is 0 Å². The molecule has 2 aromatic heterocycles. The molecule has 2 aromatic carbocycles. The van der Waals surface area contributed by atoms with Crippen molar-refractivity contribution in [1.29, 1.82) is 0 Å². The predicted octanol–water partition coefficient (Wildman–Crippen LogP) is 3.45. The van der Waals surface area contributed by atoms with Crippen LogP contribution >= 0.6 is 0 Å². The molecular formula is C23H23N5O3S. The first-order chi connectivity index (χ1) is 15.5. The summed E-state index contributed by atoms with van der Waals surface area (Å²) < 4.78 is 35.8. The van der Waals surface area contributed by atoms with Crippen LogP contribution in [-0.2, 0) is 36.5 Å². The Labute approximate surface area is 186 Å². The molecule has 4 aromatic rings. The molecule has 1 aliphatic heterocycles. The summed E-state index contributed by atoms with van der Waals surface area (Å²) in [5.74, 6) is 0.756. The van der Waals surface area contributed by atoms with E-state index in [2.05, 4.69) is 15.2 Å². The Kier molecular flexibility index (Phi) is 5.15. The van der Waals surface area contributed by atoms with Crippen molar-refractivity contribution in [2.24, 2.45) is 7.05 Å². The first kappa shape index (κ1) is 20.6. The molecule has 0 fully saturated rings. The molecule has 9 heteroatoms. The topological polar surface area (TPSA) is 94.1 Å². The van der Waals surface area contributed by atoms with Gasteiger partial charge in [-0.25, -0.2) is 8.42 Å². The number of sulfonamides is 1. The maximum absolute atomic E-state index is 13.5. The Morgan fingerprint density at radius 1 is 1.06 bits per heavy atom. The molecule has 5 rings (SSSR count). The zero-order valence-corrected chi connectivity index (χ0v) is 18.7. The van der Waals surface area contributed by atoms with Crippen LogP contribution in [0.15, 0.2) is 64.0 Å². The second-order valence-corrected chi connectivity index (χ2v) is 9.64. The number of fused-ring (bicyclic) bond motifs is 1. The van der Waals surface area contributed by atoms with Crippen molar-refractivity contribution in [3.8, 4) is 23.0 Å². The SMILES string of the molecule is CCc1ccccc1S(=O)(=O)N1CCc2c(c(-c3nc(-c4ccccc4)no3)nn2C)C1. The van der Waals surface area contributed by atoms with Crippen molar-refractivity contribution in [3.05, 3.63) is 71.4 Å². The van der Waals surface area contributed by atoms with Crippen LogP contribution in [0, 0.1) is 0 Å². The molecule has 0 N–H and O–H groups in total. The quantitative estimate of drug-likeness (QED) is 0.463. The van der Waals surface area contributed by atoms with Crippen LogP contribution in [0.2, 0.25) is 0 Å². The van der Waals surface area contributed by atoms with Gasteiger partial charge in [-0.1, -0.05) is 60.6 Å². The van der Waals surface area contributed by atoms with Crippen molar-refractivity contribution in [2.45, 2.75) is 31.2 Å². The van der Waals surface area contributed by atoms with E-state index in [-0.39, 0.29) is 12.4 Å². The summed E-state index contributed by atoms with van der Waals surface area (Å²) in [4.78, 5) is 4.88. The number of nitrogens with zero attached hydrogens (tertiary/aromatic N) is 5. The maximum Gasteiger partial charge on any atom is 0.279 e. The number of benzene rings is 2. The van der Waals surface area contributed by atoms with Gasteiger partial charge in [-0.3, -0.25) is 4.68 Å². The predicted molar refractivity (Wildman–Crippen MR) is 119 cm³/mol. The zero-order chi connectivity index (χ0) is 22.3. The van der Waals surface area contributed by atoms with Gasteiger partial charge in [0.2, 0.25) is 15.8 Å². The molecule has 0 amide bonds. The second kappa shape index (κ2) is 7.99. The highest BCUT2D eigenvalue weighted by Crippen LogP contribution is 2.33. The minimum atomic E-state index is -3.65. The minimum absolute atomic E-state index is 0.210. The molecule has 1 aliphatic rings. The smallest absolute Gasteiger partial charge is 0.279 e. The highest BCUT2D eigenvalue weighted by Gasteiger charge is 2.34. The van der Waals surface area contributed by atoms with Gasteiger partial charge in [0.25, 0.3) is 5.89 Å². The monoisotopic (exact) mass is 449 g/mol. The van der Waals surface area contributed by atoms with E-state index in [1.165, 1.54) is 4.31 Å². The van der Waals surface area contributed by atoms with Gasteiger partial charge in [0.15, 0.2) is 5.69 Å². The fourth-order valence-electron chi connectivity index (χ4n) is 4.16. The van der Waals surface area contributed by atoms with E-state index in [4.69, 9.17) is 4.52 Å². The summed E-state index contributed by atoms with van der Waals surface area (Å²) in [7, 11) is -1.79. The molecule has 8 nitrogen and oxygen atoms in total. The molecule has 32 heavy (non-hydrogen) atoms.